The molecule has 0 bridgehead atoms. The second kappa shape index (κ2) is 18.5. The molecule has 0 fully saturated rings. The quantitative estimate of drug-likeness (QED) is 0.0875. The Balaban J connectivity index is 1.23. The Bertz CT molecular complexity index is 1960. The molecule has 276 valence electrons. The second-order valence-electron chi connectivity index (χ2n) is 13.1. The fourth-order valence-corrected chi connectivity index (χ4v) is 6.00. The fraction of sp³-hybridized carbons (Fsp3) is 0.213. The summed E-state index contributed by atoms with van der Waals surface area (Å²) in [4.78, 5) is 14.0. The molecule has 7 heteroatoms. The van der Waals surface area contributed by atoms with Crippen LogP contribution in [0, 0.1) is 13.8 Å². The summed E-state index contributed by atoms with van der Waals surface area (Å²) in [6.45, 7) is 5.48. The van der Waals surface area contributed by atoms with Gasteiger partial charge in [-0.25, -0.2) is 0 Å². The zero-order chi connectivity index (χ0) is 37.7. The van der Waals surface area contributed by atoms with E-state index in [4.69, 9.17) is 28.4 Å². The Morgan fingerprint density at radius 2 is 0.778 bits per heavy atom. The molecule has 0 radical (unpaired) electrons. The first-order valence-corrected chi connectivity index (χ1v) is 18.0. The lowest BCUT2D eigenvalue weighted by Crippen LogP contribution is -2.11. The standard InChI is InChI=1S/C47H46O7/c1-33-39(25-44(51-29-37-15-19-42(49-3)20-16-37)27-46(33)53-31-35-11-7-5-8-12-35)23-41(48)24-40-26-45(52-30-38-17-21-43(50-4)22-18-38)28-47(34(40)2)54-32-36-13-9-6-10-14-36/h5-22,25-28H,23-24,29-32H2,1-4H3. The normalized spacial score (nSPS) is 10.7. The first-order chi connectivity index (χ1) is 26.4. The SMILES string of the molecule is COc1ccc(COc2cc(CC(=O)Cc3cc(OCc4ccc(OC)cc4)cc(OCc4ccccc4)c3C)c(C)c(OCc3ccccc3)c2)cc1. The average molecular weight is 723 g/mol. The van der Waals surface area contributed by atoms with Gasteiger partial charge in [-0.3, -0.25) is 4.79 Å². The van der Waals surface area contributed by atoms with E-state index in [0.717, 1.165) is 56.0 Å². The lowest BCUT2D eigenvalue weighted by molar-refractivity contribution is -0.117. The maximum absolute atomic E-state index is 14.0. The number of ketones is 1. The van der Waals surface area contributed by atoms with E-state index in [1.54, 1.807) is 14.2 Å². The first kappa shape index (κ1) is 37.5. The summed E-state index contributed by atoms with van der Waals surface area (Å²) in [7, 11) is 3.29. The van der Waals surface area contributed by atoms with Crippen molar-refractivity contribution in [2.24, 2.45) is 0 Å². The third-order valence-corrected chi connectivity index (χ3v) is 9.26. The number of methoxy groups -OCH3 is 2. The van der Waals surface area contributed by atoms with Crippen LogP contribution in [0.3, 0.4) is 0 Å². The average Bonchev–Trinajstić information content (AvgIpc) is 3.21. The summed E-state index contributed by atoms with van der Waals surface area (Å²) in [5.41, 5.74) is 7.59. The Morgan fingerprint density at radius 3 is 1.15 bits per heavy atom. The lowest BCUT2D eigenvalue weighted by Gasteiger charge is -2.18. The van der Waals surface area contributed by atoms with E-state index in [2.05, 4.69) is 0 Å². The van der Waals surface area contributed by atoms with E-state index in [9.17, 15) is 4.79 Å². The van der Waals surface area contributed by atoms with Crippen molar-refractivity contribution in [3.8, 4) is 34.5 Å². The van der Waals surface area contributed by atoms with E-state index in [-0.39, 0.29) is 18.6 Å². The molecule has 7 nitrogen and oxygen atoms in total. The molecule has 0 amide bonds. The van der Waals surface area contributed by atoms with Crippen molar-refractivity contribution in [1.82, 2.24) is 0 Å². The Labute approximate surface area is 318 Å². The summed E-state index contributed by atoms with van der Waals surface area (Å²) in [6.07, 6.45) is 0.397. The molecule has 0 aliphatic carbocycles. The van der Waals surface area contributed by atoms with Crippen molar-refractivity contribution in [3.63, 3.8) is 0 Å². The topological polar surface area (TPSA) is 72.5 Å². The van der Waals surface area contributed by atoms with E-state index in [1.165, 1.54) is 0 Å². The molecule has 0 unspecified atom stereocenters. The van der Waals surface area contributed by atoms with Gasteiger partial charge >= 0.3 is 0 Å². The summed E-state index contributed by atoms with van der Waals surface area (Å²) in [5, 5.41) is 0. The van der Waals surface area contributed by atoms with Gasteiger partial charge in [0.25, 0.3) is 0 Å². The minimum Gasteiger partial charge on any atom is -0.497 e. The van der Waals surface area contributed by atoms with Gasteiger partial charge in [0.1, 0.15) is 66.7 Å². The predicted octanol–water partition coefficient (Wildman–Crippen LogP) is 9.99. The van der Waals surface area contributed by atoms with Crippen molar-refractivity contribution in [1.29, 1.82) is 0 Å². The van der Waals surface area contributed by atoms with Crippen molar-refractivity contribution in [2.75, 3.05) is 14.2 Å². The van der Waals surface area contributed by atoms with Crippen LogP contribution in [0.4, 0.5) is 0 Å². The summed E-state index contributed by atoms with van der Waals surface area (Å²) in [6, 6.07) is 43.2. The van der Waals surface area contributed by atoms with Gasteiger partial charge < -0.3 is 28.4 Å². The third-order valence-electron chi connectivity index (χ3n) is 9.26. The number of ether oxygens (including phenoxy) is 6. The van der Waals surface area contributed by atoms with Crippen LogP contribution in [-0.2, 0) is 44.1 Å². The third kappa shape index (κ3) is 10.4. The van der Waals surface area contributed by atoms with E-state index in [0.29, 0.717) is 49.4 Å². The number of carbonyl (C=O) groups excluding carboxylic acids is 1. The number of rotatable bonds is 18. The molecular formula is C47H46O7. The molecule has 0 saturated heterocycles. The molecule has 0 N–H and O–H groups in total. The van der Waals surface area contributed by atoms with Gasteiger partial charge in [-0.1, -0.05) is 84.9 Å². The Morgan fingerprint density at radius 1 is 0.426 bits per heavy atom. The van der Waals surface area contributed by atoms with Crippen molar-refractivity contribution < 1.29 is 33.2 Å². The van der Waals surface area contributed by atoms with Crippen LogP contribution in [0.2, 0.25) is 0 Å². The summed E-state index contributed by atoms with van der Waals surface area (Å²) < 4.78 is 35.8. The molecule has 54 heavy (non-hydrogen) atoms. The summed E-state index contributed by atoms with van der Waals surface area (Å²) >= 11 is 0. The van der Waals surface area contributed by atoms with Crippen LogP contribution >= 0.6 is 0 Å². The highest BCUT2D eigenvalue weighted by Gasteiger charge is 2.18. The highest BCUT2D eigenvalue weighted by Crippen LogP contribution is 2.33. The van der Waals surface area contributed by atoms with Gasteiger partial charge in [-0.15, -0.1) is 0 Å². The molecule has 0 heterocycles. The van der Waals surface area contributed by atoms with Crippen LogP contribution in [0.1, 0.15) is 44.5 Å². The number of hydrogen-bond donors (Lipinski definition) is 0. The zero-order valence-electron chi connectivity index (χ0n) is 31.3. The maximum Gasteiger partial charge on any atom is 0.141 e. The summed E-state index contributed by atoms with van der Waals surface area (Å²) in [5.74, 6) is 4.22. The van der Waals surface area contributed by atoms with E-state index in [1.807, 2.05) is 147 Å². The smallest absolute Gasteiger partial charge is 0.141 e. The van der Waals surface area contributed by atoms with Crippen LogP contribution < -0.4 is 28.4 Å². The molecule has 0 saturated carbocycles. The van der Waals surface area contributed by atoms with Crippen molar-refractivity contribution in [2.45, 2.75) is 53.1 Å². The van der Waals surface area contributed by atoms with Crippen LogP contribution in [0.15, 0.2) is 133 Å². The van der Waals surface area contributed by atoms with Gasteiger partial charge in [-0.2, -0.15) is 0 Å². The first-order valence-electron chi connectivity index (χ1n) is 18.0. The monoisotopic (exact) mass is 722 g/mol. The molecular weight excluding hydrogens is 677 g/mol. The van der Waals surface area contributed by atoms with Gasteiger partial charge in [0, 0.05) is 25.0 Å². The van der Waals surface area contributed by atoms with Crippen LogP contribution in [0.5, 0.6) is 34.5 Å². The number of Topliss-reactive ketones (excluding diaryl/α,β-unsaturated/α-hetero) is 1. The fourth-order valence-electron chi connectivity index (χ4n) is 6.00. The van der Waals surface area contributed by atoms with Crippen molar-refractivity contribution >= 4 is 5.78 Å². The molecule has 0 aliphatic heterocycles. The number of carbonyl (C=O) groups is 1. The minimum atomic E-state index is 0.0452. The number of hydrogen-bond acceptors (Lipinski definition) is 7. The van der Waals surface area contributed by atoms with Crippen molar-refractivity contribution in [3.05, 3.63) is 178 Å². The maximum atomic E-state index is 14.0. The molecule has 6 aromatic carbocycles. The Kier molecular flexibility index (Phi) is 12.9. The molecule has 0 spiro atoms. The van der Waals surface area contributed by atoms with E-state index < -0.39 is 0 Å². The zero-order valence-corrected chi connectivity index (χ0v) is 31.3. The van der Waals surface area contributed by atoms with Crippen LogP contribution in [-0.4, -0.2) is 20.0 Å². The second-order valence-corrected chi connectivity index (χ2v) is 13.1. The van der Waals surface area contributed by atoms with Gasteiger partial charge in [0.15, 0.2) is 0 Å². The Hall–Kier alpha value is -6.21. The highest BCUT2D eigenvalue weighted by atomic mass is 16.5. The molecule has 6 rings (SSSR count). The van der Waals surface area contributed by atoms with Gasteiger partial charge in [-0.05, 0) is 94.8 Å². The molecule has 0 atom stereocenters. The number of benzene rings is 6. The lowest BCUT2D eigenvalue weighted by atomic mass is 9.96. The van der Waals surface area contributed by atoms with Gasteiger partial charge in [0.05, 0.1) is 14.2 Å². The highest BCUT2D eigenvalue weighted by molar-refractivity contribution is 5.84. The predicted molar refractivity (Wildman–Crippen MR) is 211 cm³/mol. The molecule has 0 aliphatic rings. The largest absolute Gasteiger partial charge is 0.497 e. The molecule has 6 aromatic rings. The van der Waals surface area contributed by atoms with Gasteiger partial charge in [0.2, 0.25) is 0 Å². The van der Waals surface area contributed by atoms with Crippen LogP contribution in [0.25, 0.3) is 0 Å². The molecule has 0 aromatic heterocycles. The minimum absolute atomic E-state index is 0.0452. The van der Waals surface area contributed by atoms with E-state index >= 15 is 0 Å².